The van der Waals surface area contributed by atoms with Gasteiger partial charge in [0.05, 0.1) is 10.1 Å². The van der Waals surface area contributed by atoms with Crippen molar-refractivity contribution < 1.29 is 13.2 Å². The van der Waals surface area contributed by atoms with Gasteiger partial charge in [0.15, 0.2) is 9.84 Å². The molecule has 0 fully saturated rings. The van der Waals surface area contributed by atoms with Gasteiger partial charge in [0.1, 0.15) is 6.29 Å². The zero-order chi connectivity index (χ0) is 10.6. The van der Waals surface area contributed by atoms with Crippen LogP contribution in [0.1, 0.15) is 13.3 Å². The number of rotatable bonds is 4. The summed E-state index contributed by atoms with van der Waals surface area (Å²) in [6, 6.07) is 8.16. The fourth-order valence-electron chi connectivity index (χ4n) is 1.10. The maximum Gasteiger partial charge on any atom is 0.181 e. The molecule has 4 heteroatoms. The van der Waals surface area contributed by atoms with Crippen LogP contribution in [0.3, 0.4) is 0 Å². The fraction of sp³-hybridized carbons (Fsp3) is 0.300. The third-order valence-corrected chi connectivity index (χ3v) is 4.21. The van der Waals surface area contributed by atoms with Crippen molar-refractivity contribution in [2.24, 2.45) is 0 Å². The molecule has 1 rings (SSSR count). The van der Waals surface area contributed by atoms with Crippen molar-refractivity contribution >= 4 is 16.1 Å². The molecule has 76 valence electrons. The topological polar surface area (TPSA) is 51.2 Å². The predicted octanol–water partition coefficient (Wildman–Crippen LogP) is 1.44. The van der Waals surface area contributed by atoms with E-state index >= 15 is 0 Å². The second kappa shape index (κ2) is 4.37. The van der Waals surface area contributed by atoms with Crippen molar-refractivity contribution in [2.45, 2.75) is 23.5 Å². The Bertz CT molecular complexity index is 395. The van der Waals surface area contributed by atoms with Crippen molar-refractivity contribution in [1.82, 2.24) is 0 Å². The molecule has 1 atom stereocenters. The Balaban J connectivity index is 3.03. The van der Waals surface area contributed by atoms with E-state index in [9.17, 15) is 13.2 Å². The average molecular weight is 212 g/mol. The molecule has 0 aliphatic rings. The molecule has 0 radical (unpaired) electrons. The van der Waals surface area contributed by atoms with Crippen molar-refractivity contribution in [1.29, 1.82) is 0 Å². The molecule has 0 heterocycles. The fourth-order valence-corrected chi connectivity index (χ4v) is 2.44. The first-order valence-electron chi connectivity index (χ1n) is 4.31. The van der Waals surface area contributed by atoms with E-state index in [0.29, 0.717) is 6.29 Å². The normalized spacial score (nSPS) is 13.5. The van der Waals surface area contributed by atoms with E-state index < -0.39 is 15.1 Å². The van der Waals surface area contributed by atoms with Gasteiger partial charge in [0.2, 0.25) is 0 Å². The van der Waals surface area contributed by atoms with Gasteiger partial charge in [0, 0.05) is 6.42 Å². The minimum Gasteiger partial charge on any atom is -0.303 e. The van der Waals surface area contributed by atoms with E-state index in [1.54, 1.807) is 18.2 Å². The van der Waals surface area contributed by atoms with Crippen LogP contribution in [0.2, 0.25) is 0 Å². The van der Waals surface area contributed by atoms with Gasteiger partial charge in [-0.05, 0) is 19.1 Å². The Hall–Kier alpha value is -1.16. The molecule has 0 aliphatic carbocycles. The number of benzene rings is 1. The number of hydrogen-bond donors (Lipinski definition) is 0. The quantitative estimate of drug-likeness (QED) is 0.709. The summed E-state index contributed by atoms with van der Waals surface area (Å²) in [5.74, 6) is 0. The van der Waals surface area contributed by atoms with Crippen LogP contribution in [-0.4, -0.2) is 20.0 Å². The van der Waals surface area contributed by atoms with Crippen LogP contribution < -0.4 is 0 Å². The average Bonchev–Trinajstić information content (AvgIpc) is 2.19. The van der Waals surface area contributed by atoms with Gasteiger partial charge < -0.3 is 4.79 Å². The van der Waals surface area contributed by atoms with E-state index in [1.807, 2.05) is 0 Å². The molecule has 1 aromatic carbocycles. The highest BCUT2D eigenvalue weighted by Crippen LogP contribution is 2.16. The summed E-state index contributed by atoms with van der Waals surface area (Å²) >= 11 is 0. The highest BCUT2D eigenvalue weighted by Gasteiger charge is 2.21. The first-order chi connectivity index (χ1) is 6.59. The third kappa shape index (κ3) is 2.20. The van der Waals surface area contributed by atoms with Gasteiger partial charge in [-0.1, -0.05) is 18.2 Å². The van der Waals surface area contributed by atoms with Gasteiger partial charge in [-0.15, -0.1) is 0 Å². The van der Waals surface area contributed by atoms with Gasteiger partial charge in [-0.2, -0.15) is 0 Å². The Kier molecular flexibility index (Phi) is 3.41. The molecule has 0 saturated carbocycles. The Morgan fingerprint density at radius 2 is 1.86 bits per heavy atom. The monoisotopic (exact) mass is 212 g/mol. The van der Waals surface area contributed by atoms with Crippen molar-refractivity contribution in [3.8, 4) is 0 Å². The minimum absolute atomic E-state index is 0.0389. The molecule has 0 bridgehead atoms. The van der Waals surface area contributed by atoms with Crippen molar-refractivity contribution in [2.75, 3.05) is 0 Å². The predicted molar refractivity (Wildman–Crippen MR) is 53.8 cm³/mol. The largest absolute Gasteiger partial charge is 0.303 e. The zero-order valence-electron chi connectivity index (χ0n) is 7.88. The summed E-state index contributed by atoms with van der Waals surface area (Å²) in [6.07, 6.45) is 0.669. The molecule has 0 saturated heterocycles. The third-order valence-electron chi connectivity index (χ3n) is 2.03. The van der Waals surface area contributed by atoms with Crippen LogP contribution in [0.5, 0.6) is 0 Å². The van der Waals surface area contributed by atoms with E-state index in [2.05, 4.69) is 0 Å². The number of carbonyl (C=O) groups is 1. The molecular weight excluding hydrogens is 200 g/mol. The second-order valence-electron chi connectivity index (χ2n) is 3.07. The van der Waals surface area contributed by atoms with E-state index in [0.717, 1.165) is 0 Å². The Morgan fingerprint density at radius 1 is 1.29 bits per heavy atom. The molecule has 14 heavy (non-hydrogen) atoms. The lowest BCUT2D eigenvalue weighted by Gasteiger charge is -2.09. The first kappa shape index (κ1) is 10.9. The van der Waals surface area contributed by atoms with Crippen LogP contribution in [-0.2, 0) is 14.6 Å². The van der Waals surface area contributed by atoms with E-state index in [-0.39, 0.29) is 11.3 Å². The SMILES string of the molecule is C[C@@H](CC=O)S(=O)(=O)c1ccccc1. The summed E-state index contributed by atoms with van der Waals surface area (Å²) in [7, 11) is -3.33. The lowest BCUT2D eigenvalue weighted by molar-refractivity contribution is -0.107. The van der Waals surface area contributed by atoms with Gasteiger partial charge >= 0.3 is 0 Å². The Morgan fingerprint density at radius 3 is 2.36 bits per heavy atom. The lowest BCUT2D eigenvalue weighted by atomic mass is 10.4. The molecular formula is C10H12O3S. The first-order valence-corrected chi connectivity index (χ1v) is 5.86. The molecule has 0 aliphatic heterocycles. The van der Waals surface area contributed by atoms with E-state index in [4.69, 9.17) is 0 Å². The van der Waals surface area contributed by atoms with Crippen LogP contribution in [0.25, 0.3) is 0 Å². The van der Waals surface area contributed by atoms with Crippen LogP contribution >= 0.6 is 0 Å². The molecule has 0 N–H and O–H groups in total. The summed E-state index contributed by atoms with van der Waals surface area (Å²) in [6.45, 7) is 1.54. The summed E-state index contributed by atoms with van der Waals surface area (Å²) in [4.78, 5) is 10.5. The second-order valence-corrected chi connectivity index (χ2v) is 5.44. The van der Waals surface area contributed by atoms with Gasteiger partial charge in [-0.3, -0.25) is 0 Å². The number of sulfone groups is 1. The maximum absolute atomic E-state index is 11.8. The molecule has 0 amide bonds. The molecule has 0 unspecified atom stereocenters. The highest BCUT2D eigenvalue weighted by molar-refractivity contribution is 7.92. The Labute approximate surface area is 83.7 Å². The van der Waals surface area contributed by atoms with Crippen molar-refractivity contribution in [3.05, 3.63) is 30.3 Å². The molecule has 0 aromatic heterocycles. The van der Waals surface area contributed by atoms with Crippen LogP contribution in [0, 0.1) is 0 Å². The maximum atomic E-state index is 11.8. The van der Waals surface area contributed by atoms with Crippen molar-refractivity contribution in [3.63, 3.8) is 0 Å². The summed E-state index contributed by atoms with van der Waals surface area (Å²) < 4.78 is 23.5. The summed E-state index contributed by atoms with van der Waals surface area (Å²) in [5, 5.41) is -0.651. The zero-order valence-corrected chi connectivity index (χ0v) is 8.70. The smallest absolute Gasteiger partial charge is 0.181 e. The van der Waals surface area contributed by atoms with Crippen LogP contribution in [0.4, 0.5) is 0 Å². The standard InChI is InChI=1S/C10H12O3S/c1-9(7-8-11)14(12,13)10-5-3-2-4-6-10/h2-6,8-9H,7H2,1H3/t9-/m0/s1. The number of hydrogen-bond acceptors (Lipinski definition) is 3. The number of aldehydes is 1. The van der Waals surface area contributed by atoms with Crippen LogP contribution in [0.15, 0.2) is 35.2 Å². The molecule has 3 nitrogen and oxygen atoms in total. The minimum atomic E-state index is -3.33. The summed E-state index contributed by atoms with van der Waals surface area (Å²) in [5.41, 5.74) is 0. The highest BCUT2D eigenvalue weighted by atomic mass is 32.2. The van der Waals surface area contributed by atoms with Gasteiger partial charge in [0.25, 0.3) is 0 Å². The van der Waals surface area contributed by atoms with E-state index in [1.165, 1.54) is 19.1 Å². The molecule has 0 spiro atoms. The van der Waals surface area contributed by atoms with Gasteiger partial charge in [-0.25, -0.2) is 8.42 Å². The number of carbonyl (C=O) groups excluding carboxylic acids is 1. The lowest BCUT2D eigenvalue weighted by Crippen LogP contribution is -2.18. The molecule has 1 aromatic rings.